The topological polar surface area (TPSA) is 99.3 Å². The number of hydrogen-bond acceptors (Lipinski definition) is 5. The van der Waals surface area contributed by atoms with Crippen molar-refractivity contribution in [3.05, 3.63) is 130 Å². The van der Waals surface area contributed by atoms with E-state index >= 15 is 0 Å². The lowest BCUT2D eigenvalue weighted by Gasteiger charge is -2.10. The number of carbonyl (C=O) groups excluding carboxylic acids is 1. The van der Waals surface area contributed by atoms with Crippen molar-refractivity contribution in [3.63, 3.8) is 0 Å². The van der Waals surface area contributed by atoms with E-state index in [0.717, 1.165) is 11.3 Å². The van der Waals surface area contributed by atoms with Gasteiger partial charge in [0, 0.05) is 28.9 Å². The van der Waals surface area contributed by atoms with Gasteiger partial charge in [-0.05, 0) is 36.4 Å². The van der Waals surface area contributed by atoms with Crippen molar-refractivity contribution in [1.82, 2.24) is 9.78 Å². The number of halogens is 1. The average Bonchev–Trinajstić information content (AvgIpc) is 3.37. The van der Waals surface area contributed by atoms with Crippen LogP contribution in [0.25, 0.3) is 16.9 Å². The van der Waals surface area contributed by atoms with Crippen molar-refractivity contribution < 1.29 is 14.5 Å². The van der Waals surface area contributed by atoms with Crippen molar-refractivity contribution >= 4 is 28.9 Å². The highest BCUT2D eigenvalue weighted by atomic mass is 35.5. The molecule has 0 aliphatic carbocycles. The predicted octanol–water partition coefficient (Wildman–Crippen LogP) is 7.15. The van der Waals surface area contributed by atoms with Crippen LogP contribution in [0.15, 0.2) is 109 Å². The first-order chi connectivity index (χ1) is 18.0. The van der Waals surface area contributed by atoms with Crippen LogP contribution in [0.4, 0.5) is 11.4 Å². The van der Waals surface area contributed by atoms with E-state index in [9.17, 15) is 14.9 Å². The number of nitrogens with zero attached hydrogens (tertiary/aromatic N) is 3. The number of carbonyl (C=O) groups is 1. The van der Waals surface area contributed by atoms with E-state index in [1.165, 1.54) is 18.2 Å². The largest absolute Gasteiger partial charge is 0.457 e. The van der Waals surface area contributed by atoms with E-state index in [1.54, 1.807) is 35.1 Å². The Morgan fingerprint density at radius 3 is 2.24 bits per heavy atom. The Kier molecular flexibility index (Phi) is 6.65. The summed E-state index contributed by atoms with van der Waals surface area (Å²) in [5.74, 6) is 0.159. The minimum atomic E-state index is -0.548. The molecule has 5 rings (SSSR count). The monoisotopic (exact) mass is 510 g/mol. The fourth-order valence-corrected chi connectivity index (χ4v) is 3.85. The van der Waals surface area contributed by atoms with Gasteiger partial charge >= 0.3 is 0 Å². The quantitative estimate of drug-likeness (QED) is 0.185. The van der Waals surface area contributed by atoms with Crippen LogP contribution in [0.2, 0.25) is 5.02 Å². The normalized spacial score (nSPS) is 10.6. The fourth-order valence-electron chi connectivity index (χ4n) is 3.72. The maximum Gasteiger partial charge on any atom is 0.275 e. The molecular weight excluding hydrogens is 492 g/mol. The molecule has 8 nitrogen and oxygen atoms in total. The van der Waals surface area contributed by atoms with Crippen molar-refractivity contribution in [2.24, 2.45) is 0 Å². The number of nitrogens with one attached hydrogen (secondary N) is 1. The van der Waals surface area contributed by atoms with Gasteiger partial charge in [0.25, 0.3) is 11.6 Å². The Morgan fingerprint density at radius 2 is 1.57 bits per heavy atom. The minimum absolute atomic E-state index is 0.190. The van der Waals surface area contributed by atoms with Crippen molar-refractivity contribution in [2.75, 3.05) is 5.32 Å². The second-order valence-corrected chi connectivity index (χ2v) is 8.46. The summed E-state index contributed by atoms with van der Waals surface area (Å²) in [6.07, 6.45) is 1.63. The van der Waals surface area contributed by atoms with Gasteiger partial charge in [-0.15, -0.1) is 0 Å². The SMILES string of the molecule is O=C(Nc1cc(Oc2ccc(Cl)cc2)cc([N+](=O)[O-])c1)c1cn(-c2ccccc2)nc1-c1ccccc1. The standard InChI is InChI=1S/C28H19ClN4O4/c29-20-11-13-24(14-12-20)37-25-16-21(15-23(17-25)33(35)36)30-28(34)26-18-32(22-9-5-2-6-10-22)31-27(26)19-7-3-1-4-8-19/h1-18H,(H,30,34). The van der Waals surface area contributed by atoms with Crippen LogP contribution in [0.5, 0.6) is 11.5 Å². The molecule has 0 spiro atoms. The Bertz CT molecular complexity index is 1570. The van der Waals surface area contributed by atoms with Crippen molar-refractivity contribution in [2.45, 2.75) is 0 Å². The van der Waals surface area contributed by atoms with E-state index < -0.39 is 10.8 Å². The fraction of sp³-hybridized carbons (Fsp3) is 0. The Morgan fingerprint density at radius 1 is 0.892 bits per heavy atom. The summed E-state index contributed by atoms with van der Waals surface area (Å²) in [6.45, 7) is 0. The first-order valence-corrected chi connectivity index (χ1v) is 11.6. The van der Waals surface area contributed by atoms with Crippen LogP contribution >= 0.6 is 11.6 Å². The van der Waals surface area contributed by atoms with Gasteiger partial charge in [-0.1, -0.05) is 60.1 Å². The molecule has 1 amide bonds. The molecule has 4 aromatic carbocycles. The van der Waals surface area contributed by atoms with Gasteiger partial charge in [-0.2, -0.15) is 5.10 Å². The maximum atomic E-state index is 13.5. The zero-order chi connectivity index (χ0) is 25.8. The van der Waals surface area contributed by atoms with Crippen LogP contribution in [0, 0.1) is 10.1 Å². The number of para-hydroxylation sites is 1. The van der Waals surface area contributed by atoms with Gasteiger partial charge in [-0.25, -0.2) is 4.68 Å². The molecule has 0 aliphatic rings. The number of nitro groups is 1. The number of anilines is 1. The van der Waals surface area contributed by atoms with Gasteiger partial charge < -0.3 is 10.1 Å². The van der Waals surface area contributed by atoms with Crippen LogP contribution in [-0.2, 0) is 0 Å². The number of hydrogen-bond donors (Lipinski definition) is 1. The number of aromatic nitrogens is 2. The molecule has 0 aliphatic heterocycles. The van der Waals surface area contributed by atoms with Crippen LogP contribution in [0.1, 0.15) is 10.4 Å². The smallest absolute Gasteiger partial charge is 0.275 e. The number of nitro benzene ring substituents is 1. The predicted molar refractivity (Wildman–Crippen MR) is 142 cm³/mol. The number of non-ortho nitro benzene ring substituents is 1. The van der Waals surface area contributed by atoms with Crippen LogP contribution < -0.4 is 10.1 Å². The molecule has 0 unspecified atom stereocenters. The lowest BCUT2D eigenvalue weighted by Crippen LogP contribution is -2.12. The molecule has 1 N–H and O–H groups in total. The Hall–Kier alpha value is -4.95. The van der Waals surface area contributed by atoms with Gasteiger partial charge in [0.1, 0.15) is 17.2 Å². The summed E-state index contributed by atoms with van der Waals surface area (Å²) in [5.41, 5.74) is 2.30. The first-order valence-electron chi connectivity index (χ1n) is 11.2. The molecule has 0 bridgehead atoms. The molecule has 0 radical (unpaired) electrons. The number of ether oxygens (including phenoxy) is 1. The average molecular weight is 511 g/mol. The first kappa shape index (κ1) is 23.8. The van der Waals surface area contributed by atoms with Gasteiger partial charge in [-0.3, -0.25) is 14.9 Å². The highest BCUT2D eigenvalue weighted by molar-refractivity contribution is 6.30. The molecule has 0 atom stereocenters. The van der Waals surface area contributed by atoms with Gasteiger partial charge in [0.15, 0.2) is 0 Å². The maximum absolute atomic E-state index is 13.5. The molecule has 0 saturated heterocycles. The zero-order valence-electron chi connectivity index (χ0n) is 19.2. The molecule has 37 heavy (non-hydrogen) atoms. The second-order valence-electron chi connectivity index (χ2n) is 8.02. The van der Waals surface area contributed by atoms with Crippen LogP contribution in [0.3, 0.4) is 0 Å². The van der Waals surface area contributed by atoms with Gasteiger partial charge in [0.2, 0.25) is 0 Å². The summed E-state index contributed by atoms with van der Waals surface area (Å²) in [7, 11) is 0. The van der Waals surface area contributed by atoms with E-state index in [2.05, 4.69) is 10.4 Å². The van der Waals surface area contributed by atoms with E-state index in [0.29, 0.717) is 22.0 Å². The highest BCUT2D eigenvalue weighted by Crippen LogP contribution is 2.31. The second kappa shape index (κ2) is 10.3. The Balaban J connectivity index is 1.50. The molecule has 5 aromatic rings. The van der Waals surface area contributed by atoms with E-state index in [-0.39, 0.29) is 17.1 Å². The number of rotatable bonds is 7. The lowest BCUT2D eigenvalue weighted by atomic mass is 10.1. The molecule has 0 saturated carbocycles. The summed E-state index contributed by atoms with van der Waals surface area (Å²) in [6, 6.07) is 29.4. The zero-order valence-corrected chi connectivity index (χ0v) is 20.0. The van der Waals surface area contributed by atoms with Gasteiger partial charge in [0.05, 0.1) is 27.9 Å². The summed E-state index contributed by atoms with van der Waals surface area (Å²) in [4.78, 5) is 24.5. The van der Waals surface area contributed by atoms with E-state index in [4.69, 9.17) is 16.3 Å². The third-order valence-electron chi connectivity index (χ3n) is 5.44. The summed E-state index contributed by atoms with van der Waals surface area (Å²) >= 11 is 5.92. The lowest BCUT2D eigenvalue weighted by molar-refractivity contribution is -0.384. The highest BCUT2D eigenvalue weighted by Gasteiger charge is 2.20. The molecule has 9 heteroatoms. The molecular formula is C28H19ClN4O4. The number of benzene rings is 4. The van der Waals surface area contributed by atoms with Crippen molar-refractivity contribution in [1.29, 1.82) is 0 Å². The molecule has 182 valence electrons. The van der Waals surface area contributed by atoms with Crippen LogP contribution in [-0.4, -0.2) is 20.6 Å². The third-order valence-corrected chi connectivity index (χ3v) is 5.69. The third kappa shape index (κ3) is 5.50. The van der Waals surface area contributed by atoms with Crippen molar-refractivity contribution in [3.8, 4) is 28.4 Å². The summed E-state index contributed by atoms with van der Waals surface area (Å²) in [5, 5.41) is 19.5. The Labute approximate surface area is 216 Å². The molecule has 1 aromatic heterocycles. The summed E-state index contributed by atoms with van der Waals surface area (Å²) < 4.78 is 7.40. The minimum Gasteiger partial charge on any atom is -0.457 e. The number of amides is 1. The molecule has 0 fully saturated rings. The molecule has 1 heterocycles. The van der Waals surface area contributed by atoms with E-state index in [1.807, 2.05) is 60.7 Å².